The van der Waals surface area contributed by atoms with Gasteiger partial charge in [-0.1, -0.05) is 11.8 Å². The average molecular weight is 363 g/mol. The van der Waals surface area contributed by atoms with Gasteiger partial charge in [0.25, 0.3) is 5.91 Å². The molecule has 25 heavy (non-hydrogen) atoms. The first-order valence-electron chi connectivity index (χ1n) is 7.13. The Bertz CT molecular complexity index is 925. The quantitative estimate of drug-likeness (QED) is 0.705. The number of amides is 1. The first kappa shape index (κ1) is 17.1. The van der Waals surface area contributed by atoms with E-state index < -0.39 is 23.4 Å². The van der Waals surface area contributed by atoms with Gasteiger partial charge in [0.1, 0.15) is 11.5 Å². The fourth-order valence-corrected chi connectivity index (χ4v) is 2.79. The molecule has 0 bridgehead atoms. The highest BCUT2D eigenvalue weighted by molar-refractivity contribution is 7.98. The third kappa shape index (κ3) is 3.53. The van der Waals surface area contributed by atoms with Gasteiger partial charge in [-0.15, -0.1) is 0 Å². The Morgan fingerprint density at radius 1 is 1.08 bits per heavy atom. The van der Waals surface area contributed by atoms with E-state index in [1.807, 2.05) is 0 Å². The van der Waals surface area contributed by atoms with Crippen molar-refractivity contribution < 1.29 is 18.0 Å². The number of carbonyl (C=O) groups is 1. The van der Waals surface area contributed by atoms with Gasteiger partial charge in [-0.25, -0.2) is 18.2 Å². The van der Waals surface area contributed by atoms with Crippen LogP contribution in [0.5, 0.6) is 0 Å². The second-order valence-corrected chi connectivity index (χ2v) is 5.80. The summed E-state index contributed by atoms with van der Waals surface area (Å²) < 4.78 is 41.0. The summed E-state index contributed by atoms with van der Waals surface area (Å²) >= 11 is 1.31. The number of benzene rings is 2. The molecule has 0 saturated heterocycles. The molecule has 4 nitrogen and oxygen atoms in total. The molecular formula is C17H12F3N3OS. The van der Waals surface area contributed by atoms with E-state index in [2.05, 4.69) is 10.3 Å². The van der Waals surface area contributed by atoms with Crippen LogP contribution in [0.2, 0.25) is 0 Å². The zero-order chi connectivity index (χ0) is 18.0. The summed E-state index contributed by atoms with van der Waals surface area (Å²) in [6.07, 6.45) is 3.16. The van der Waals surface area contributed by atoms with Gasteiger partial charge in [0.05, 0.1) is 6.20 Å². The molecule has 1 N–H and O–H groups in total. The molecule has 0 atom stereocenters. The number of imidazole rings is 1. The van der Waals surface area contributed by atoms with E-state index in [0.29, 0.717) is 10.8 Å². The Balaban J connectivity index is 1.96. The Kier molecular flexibility index (Phi) is 4.80. The fraction of sp³-hybridized carbons (Fsp3) is 0.0588. The van der Waals surface area contributed by atoms with Crippen molar-refractivity contribution in [2.24, 2.45) is 0 Å². The Hall–Kier alpha value is -2.74. The highest BCUT2D eigenvalue weighted by Gasteiger charge is 2.18. The average Bonchev–Trinajstić information content (AvgIpc) is 3.03. The Labute approximate surface area is 145 Å². The normalized spacial score (nSPS) is 10.7. The van der Waals surface area contributed by atoms with Crippen molar-refractivity contribution in [3.05, 3.63) is 71.8 Å². The van der Waals surface area contributed by atoms with Crippen molar-refractivity contribution in [1.82, 2.24) is 9.55 Å². The van der Waals surface area contributed by atoms with Crippen LogP contribution in [0.4, 0.5) is 18.9 Å². The van der Waals surface area contributed by atoms with Gasteiger partial charge in [-0.05, 0) is 42.7 Å². The van der Waals surface area contributed by atoms with Crippen molar-refractivity contribution in [2.45, 2.75) is 5.16 Å². The summed E-state index contributed by atoms with van der Waals surface area (Å²) in [5, 5.41) is 3.03. The predicted molar refractivity (Wildman–Crippen MR) is 89.6 cm³/mol. The number of hydrogen-bond donors (Lipinski definition) is 1. The maximum absolute atomic E-state index is 13.3. The van der Waals surface area contributed by atoms with Crippen molar-refractivity contribution in [3.8, 4) is 5.69 Å². The largest absolute Gasteiger partial charge is 0.321 e. The minimum absolute atomic E-state index is 0.112. The van der Waals surface area contributed by atoms with Crippen LogP contribution in [-0.2, 0) is 0 Å². The molecule has 0 aliphatic rings. The van der Waals surface area contributed by atoms with E-state index >= 15 is 0 Å². The second kappa shape index (κ2) is 7.02. The second-order valence-electron chi connectivity index (χ2n) is 5.02. The number of rotatable bonds is 4. The van der Waals surface area contributed by atoms with Crippen molar-refractivity contribution in [3.63, 3.8) is 0 Å². The van der Waals surface area contributed by atoms with Crippen LogP contribution in [0.3, 0.4) is 0 Å². The molecule has 3 rings (SSSR count). The lowest BCUT2D eigenvalue weighted by Gasteiger charge is -2.11. The van der Waals surface area contributed by atoms with E-state index in [9.17, 15) is 18.0 Å². The van der Waals surface area contributed by atoms with E-state index in [4.69, 9.17) is 0 Å². The maximum atomic E-state index is 13.3. The zero-order valence-corrected chi connectivity index (χ0v) is 13.8. The Morgan fingerprint density at radius 2 is 1.80 bits per heavy atom. The molecule has 0 radical (unpaired) electrons. The predicted octanol–water partition coefficient (Wildman–Crippen LogP) is 4.26. The highest BCUT2D eigenvalue weighted by atomic mass is 32.2. The number of nitrogens with one attached hydrogen (secondary N) is 1. The van der Waals surface area contributed by atoms with Crippen molar-refractivity contribution in [1.29, 1.82) is 0 Å². The van der Waals surface area contributed by atoms with E-state index in [0.717, 1.165) is 12.1 Å². The molecule has 2 aromatic carbocycles. The van der Waals surface area contributed by atoms with Crippen molar-refractivity contribution in [2.75, 3.05) is 11.6 Å². The first-order valence-corrected chi connectivity index (χ1v) is 8.36. The van der Waals surface area contributed by atoms with E-state index in [-0.39, 0.29) is 11.4 Å². The summed E-state index contributed by atoms with van der Waals surface area (Å²) in [5.41, 5.74) is 0.848. The molecule has 1 amide bonds. The molecule has 0 aliphatic carbocycles. The van der Waals surface area contributed by atoms with Gasteiger partial charge in [-0.2, -0.15) is 0 Å². The number of thioether (sulfide) groups is 1. The number of nitrogens with zero attached hydrogens (tertiary/aromatic N) is 2. The lowest BCUT2D eigenvalue weighted by molar-refractivity contribution is 0.102. The standard InChI is InChI=1S/C17H12F3N3OS/c1-25-17-21-9-15(23(17)12-5-2-10(18)3-6-12)16(24)22-11-4-7-13(19)14(20)8-11/h2-9H,1H3,(H,22,24). The van der Waals surface area contributed by atoms with E-state index in [1.54, 1.807) is 10.8 Å². The topological polar surface area (TPSA) is 46.9 Å². The van der Waals surface area contributed by atoms with Crippen LogP contribution >= 0.6 is 11.8 Å². The zero-order valence-electron chi connectivity index (χ0n) is 13.0. The van der Waals surface area contributed by atoms with Gasteiger partial charge < -0.3 is 5.32 Å². The number of aromatic nitrogens is 2. The third-order valence-electron chi connectivity index (χ3n) is 3.41. The van der Waals surface area contributed by atoms with Crippen LogP contribution in [0, 0.1) is 17.5 Å². The summed E-state index contributed by atoms with van der Waals surface area (Å²) in [5.74, 6) is -3.01. The van der Waals surface area contributed by atoms with Gasteiger partial charge in [0.2, 0.25) is 0 Å². The Morgan fingerprint density at radius 3 is 2.44 bits per heavy atom. The van der Waals surface area contributed by atoms with Crippen LogP contribution < -0.4 is 5.32 Å². The smallest absolute Gasteiger partial charge is 0.274 e. The van der Waals surface area contributed by atoms with Crippen LogP contribution in [0.1, 0.15) is 10.5 Å². The third-order valence-corrected chi connectivity index (χ3v) is 4.06. The monoisotopic (exact) mass is 363 g/mol. The van der Waals surface area contributed by atoms with Gasteiger partial charge in [0.15, 0.2) is 16.8 Å². The first-order chi connectivity index (χ1) is 12.0. The molecule has 128 valence electrons. The van der Waals surface area contributed by atoms with E-state index in [1.165, 1.54) is 48.3 Å². The van der Waals surface area contributed by atoms with Gasteiger partial charge in [-0.3, -0.25) is 9.36 Å². The lowest BCUT2D eigenvalue weighted by Crippen LogP contribution is -2.17. The summed E-state index contributed by atoms with van der Waals surface area (Å²) in [6, 6.07) is 8.66. The molecule has 1 heterocycles. The van der Waals surface area contributed by atoms with Crippen LogP contribution in [-0.4, -0.2) is 21.7 Å². The number of halogens is 3. The lowest BCUT2D eigenvalue weighted by atomic mass is 10.2. The number of hydrogen-bond acceptors (Lipinski definition) is 3. The number of carbonyl (C=O) groups excluding carboxylic acids is 1. The minimum atomic E-state index is -1.06. The molecule has 0 fully saturated rings. The molecule has 0 unspecified atom stereocenters. The molecule has 3 aromatic rings. The van der Waals surface area contributed by atoms with Crippen LogP contribution in [0.25, 0.3) is 5.69 Å². The molecular weight excluding hydrogens is 351 g/mol. The minimum Gasteiger partial charge on any atom is -0.321 e. The molecule has 0 aliphatic heterocycles. The molecule has 0 spiro atoms. The molecule has 1 aromatic heterocycles. The summed E-state index contributed by atoms with van der Waals surface area (Å²) in [6.45, 7) is 0. The van der Waals surface area contributed by atoms with Gasteiger partial charge in [0, 0.05) is 17.4 Å². The number of anilines is 1. The summed E-state index contributed by atoms with van der Waals surface area (Å²) in [7, 11) is 0. The van der Waals surface area contributed by atoms with Gasteiger partial charge >= 0.3 is 0 Å². The highest BCUT2D eigenvalue weighted by Crippen LogP contribution is 2.23. The fourth-order valence-electron chi connectivity index (χ4n) is 2.25. The van der Waals surface area contributed by atoms with Crippen LogP contribution in [0.15, 0.2) is 53.8 Å². The summed E-state index contributed by atoms with van der Waals surface area (Å²) in [4.78, 5) is 16.7. The SMILES string of the molecule is CSc1ncc(C(=O)Nc2ccc(F)c(F)c2)n1-c1ccc(F)cc1. The molecule has 8 heteroatoms. The maximum Gasteiger partial charge on any atom is 0.274 e. The van der Waals surface area contributed by atoms with Crippen molar-refractivity contribution >= 4 is 23.4 Å². The molecule has 0 saturated carbocycles.